The lowest BCUT2D eigenvalue weighted by Crippen LogP contribution is -2.02. The summed E-state index contributed by atoms with van der Waals surface area (Å²) in [6.45, 7) is 0. The van der Waals surface area contributed by atoms with Crippen LogP contribution in [0, 0.1) is 12.1 Å². The zero-order valence-electron chi connectivity index (χ0n) is 9.99. The van der Waals surface area contributed by atoms with E-state index in [0.29, 0.717) is 21.2 Å². The van der Waals surface area contributed by atoms with Gasteiger partial charge in [0.15, 0.2) is 9.79 Å². The fourth-order valence-electron chi connectivity index (χ4n) is 1.44. The minimum absolute atomic E-state index is 0.483. The Morgan fingerprint density at radius 2 is 1.40 bits per heavy atom. The number of isothiocyanates is 2. The Labute approximate surface area is 130 Å². The van der Waals surface area contributed by atoms with Crippen LogP contribution in [-0.4, -0.2) is 14.9 Å². The van der Waals surface area contributed by atoms with Gasteiger partial charge in [0.2, 0.25) is 0 Å². The highest BCUT2D eigenvalue weighted by molar-refractivity contribution is 7.91. The summed E-state index contributed by atoms with van der Waals surface area (Å²) in [6.07, 6.45) is 0. The predicted molar refractivity (Wildman–Crippen MR) is 84.6 cm³/mol. The van der Waals surface area contributed by atoms with Gasteiger partial charge in [-0.2, -0.15) is 9.98 Å². The summed E-state index contributed by atoms with van der Waals surface area (Å²) in [6, 6.07) is 15.8. The molecule has 3 nitrogen and oxygen atoms in total. The Morgan fingerprint density at radius 1 is 0.950 bits per heavy atom. The molecule has 0 atom stereocenters. The number of hydrogen-bond acceptors (Lipinski definition) is 5. The largest absolute Gasteiger partial charge is 0.606 e. The van der Waals surface area contributed by atoms with Crippen LogP contribution in [0.4, 0.5) is 11.4 Å². The molecule has 0 fully saturated rings. The van der Waals surface area contributed by atoms with Crippen molar-refractivity contribution in [2.75, 3.05) is 0 Å². The summed E-state index contributed by atoms with van der Waals surface area (Å²) in [5.41, 5.74) is 1.16. The molecule has 2 aromatic carbocycles. The highest BCUT2D eigenvalue weighted by Crippen LogP contribution is 2.26. The van der Waals surface area contributed by atoms with E-state index in [2.05, 4.69) is 56.9 Å². The summed E-state index contributed by atoms with van der Waals surface area (Å²) in [5.74, 6) is 0. The fourth-order valence-corrected chi connectivity index (χ4v) is 2.70. The molecule has 0 saturated carbocycles. The van der Waals surface area contributed by atoms with Gasteiger partial charge in [-0.05, 0) is 48.7 Å². The van der Waals surface area contributed by atoms with Gasteiger partial charge in [-0.3, -0.25) is 0 Å². The van der Waals surface area contributed by atoms with Crippen LogP contribution in [-0.2, 0) is 11.2 Å². The maximum atomic E-state index is 12.4. The normalized spacial score (nSPS) is 11.1. The zero-order valence-corrected chi connectivity index (χ0v) is 12.4. The van der Waals surface area contributed by atoms with Crippen molar-refractivity contribution in [1.82, 2.24) is 0 Å². The molecule has 0 unspecified atom stereocenters. The SMILES string of the molecule is [O-][S+](c1[c]ccc(N=C=S)c1)c1[c]ccc(N=C=S)c1. The second kappa shape index (κ2) is 7.22. The molecule has 2 rings (SSSR count). The average Bonchev–Trinajstić information content (AvgIpc) is 2.48. The summed E-state index contributed by atoms with van der Waals surface area (Å²) in [5, 5.41) is 4.54. The molecule has 20 heavy (non-hydrogen) atoms. The smallest absolute Gasteiger partial charge is 0.168 e. The van der Waals surface area contributed by atoms with E-state index in [-0.39, 0.29) is 0 Å². The van der Waals surface area contributed by atoms with E-state index in [1.807, 2.05) is 0 Å². The number of nitrogens with zero attached hydrogens (tertiary/aromatic N) is 2. The Hall–Kier alpha value is -1.65. The second-order valence-electron chi connectivity index (χ2n) is 3.50. The molecule has 0 spiro atoms. The molecule has 2 aromatic rings. The highest BCUT2D eigenvalue weighted by atomic mass is 32.2. The van der Waals surface area contributed by atoms with E-state index in [1.54, 1.807) is 36.4 Å². The highest BCUT2D eigenvalue weighted by Gasteiger charge is 2.16. The van der Waals surface area contributed by atoms with Crippen molar-refractivity contribution < 1.29 is 4.55 Å². The first kappa shape index (κ1) is 14.8. The van der Waals surface area contributed by atoms with Crippen LogP contribution in [0.5, 0.6) is 0 Å². The molecule has 0 aliphatic carbocycles. The molecule has 0 aromatic heterocycles. The lowest BCUT2D eigenvalue weighted by molar-refractivity contribution is 0.595. The number of thiocarbonyl (C=S) groups is 2. The van der Waals surface area contributed by atoms with Gasteiger partial charge < -0.3 is 4.55 Å². The molecule has 0 heterocycles. The van der Waals surface area contributed by atoms with Crippen molar-refractivity contribution in [1.29, 1.82) is 0 Å². The van der Waals surface area contributed by atoms with Crippen LogP contribution >= 0.6 is 24.4 Å². The molecule has 0 saturated heterocycles. The predicted octanol–water partition coefficient (Wildman–Crippen LogP) is 3.92. The van der Waals surface area contributed by atoms with Crippen molar-refractivity contribution in [2.24, 2.45) is 9.98 Å². The maximum absolute atomic E-state index is 12.4. The van der Waals surface area contributed by atoms with E-state index in [1.165, 1.54) is 0 Å². The van der Waals surface area contributed by atoms with Gasteiger partial charge >= 0.3 is 0 Å². The third-order valence-corrected chi connectivity index (χ3v) is 3.72. The standard InChI is InChI=1S/C14H6N2OS3/c17-20(13-5-1-3-11(7-13)15-9-18)14-6-2-4-12(8-14)16-10-19/h1-4,7-8H. The fraction of sp³-hybridized carbons (Fsp3) is 0. The summed E-state index contributed by atoms with van der Waals surface area (Å²) >= 11 is 7.66. The number of hydrogen-bond donors (Lipinski definition) is 0. The van der Waals surface area contributed by atoms with Crippen molar-refractivity contribution in [2.45, 2.75) is 9.79 Å². The van der Waals surface area contributed by atoms with Gasteiger partial charge in [-0.15, -0.1) is 0 Å². The van der Waals surface area contributed by atoms with Gasteiger partial charge in [-0.25, -0.2) is 0 Å². The van der Waals surface area contributed by atoms with Crippen LogP contribution in [0.2, 0.25) is 0 Å². The summed E-state index contributed by atoms with van der Waals surface area (Å²) in [7, 11) is 0. The van der Waals surface area contributed by atoms with E-state index < -0.39 is 11.2 Å². The first-order chi connectivity index (χ1) is 9.74. The minimum Gasteiger partial charge on any atom is -0.606 e. The van der Waals surface area contributed by atoms with E-state index >= 15 is 0 Å². The third kappa shape index (κ3) is 3.68. The number of aliphatic imine (C=N–C) groups is 2. The van der Waals surface area contributed by atoms with Crippen LogP contribution in [0.3, 0.4) is 0 Å². The Bertz CT molecular complexity index is 658. The molecular formula is C14H6N2OS3. The van der Waals surface area contributed by atoms with E-state index in [9.17, 15) is 4.55 Å². The molecule has 6 heteroatoms. The number of benzene rings is 2. The van der Waals surface area contributed by atoms with Crippen molar-refractivity contribution in [3.05, 3.63) is 48.5 Å². The molecule has 0 amide bonds. The lowest BCUT2D eigenvalue weighted by atomic mass is 10.3. The molecule has 96 valence electrons. The Balaban J connectivity index is 2.37. The zero-order chi connectivity index (χ0) is 14.4. The molecular weight excluding hydrogens is 308 g/mol. The van der Waals surface area contributed by atoms with Crippen LogP contribution in [0.25, 0.3) is 0 Å². The minimum atomic E-state index is -1.43. The topological polar surface area (TPSA) is 47.8 Å². The van der Waals surface area contributed by atoms with Gasteiger partial charge in [0.25, 0.3) is 0 Å². The first-order valence-electron chi connectivity index (χ1n) is 5.35. The average molecular weight is 314 g/mol. The maximum Gasteiger partial charge on any atom is 0.168 e. The van der Waals surface area contributed by atoms with Gasteiger partial charge in [0, 0.05) is 35.4 Å². The second-order valence-corrected chi connectivity index (χ2v) is 5.28. The first-order valence-corrected chi connectivity index (χ1v) is 7.32. The van der Waals surface area contributed by atoms with Crippen molar-refractivity contribution in [3.63, 3.8) is 0 Å². The van der Waals surface area contributed by atoms with Crippen LogP contribution in [0.1, 0.15) is 0 Å². The molecule has 0 aliphatic heterocycles. The third-order valence-electron chi connectivity index (χ3n) is 2.27. The van der Waals surface area contributed by atoms with Gasteiger partial charge in [0.05, 0.1) is 21.7 Å². The quantitative estimate of drug-likeness (QED) is 0.488. The summed E-state index contributed by atoms with van der Waals surface area (Å²) < 4.78 is 12.4. The Morgan fingerprint density at radius 3 is 1.80 bits per heavy atom. The van der Waals surface area contributed by atoms with Gasteiger partial charge in [-0.1, -0.05) is 0 Å². The van der Waals surface area contributed by atoms with Crippen molar-refractivity contribution >= 4 is 57.3 Å². The van der Waals surface area contributed by atoms with Crippen molar-refractivity contribution in [3.8, 4) is 0 Å². The monoisotopic (exact) mass is 314 g/mol. The van der Waals surface area contributed by atoms with E-state index in [0.717, 1.165) is 0 Å². The molecule has 2 radical (unpaired) electrons. The molecule has 0 aliphatic rings. The lowest BCUT2D eigenvalue weighted by Gasteiger charge is -2.09. The summed E-state index contributed by atoms with van der Waals surface area (Å²) in [4.78, 5) is 8.66. The van der Waals surface area contributed by atoms with E-state index in [4.69, 9.17) is 0 Å². The van der Waals surface area contributed by atoms with Crippen LogP contribution < -0.4 is 0 Å². The molecule has 0 bridgehead atoms. The van der Waals surface area contributed by atoms with Crippen LogP contribution in [0.15, 0.2) is 56.2 Å². The number of rotatable bonds is 4. The Kier molecular flexibility index (Phi) is 5.32. The van der Waals surface area contributed by atoms with Gasteiger partial charge in [0.1, 0.15) is 0 Å². The molecule has 0 N–H and O–H groups in total.